The summed E-state index contributed by atoms with van der Waals surface area (Å²) in [4.78, 5) is 11.5. The molecule has 1 aliphatic carbocycles. The van der Waals surface area contributed by atoms with Gasteiger partial charge in [0, 0.05) is 12.6 Å². The van der Waals surface area contributed by atoms with Crippen LogP contribution in [-0.4, -0.2) is 33.0 Å². The largest absolute Gasteiger partial charge is 0.368 e. The van der Waals surface area contributed by atoms with Gasteiger partial charge in [-0.15, -0.1) is 10.2 Å². The van der Waals surface area contributed by atoms with Crippen molar-refractivity contribution in [3.63, 3.8) is 0 Å². The molecule has 0 radical (unpaired) electrons. The molecule has 3 N–H and O–H groups in total. The summed E-state index contributed by atoms with van der Waals surface area (Å²) in [7, 11) is 0. The third-order valence-electron chi connectivity index (χ3n) is 2.51. The number of nitrogens with two attached hydrogens (primary N) is 1. The number of nitrogens with zero attached hydrogens (tertiary/aromatic N) is 3. The van der Waals surface area contributed by atoms with Crippen LogP contribution in [0.3, 0.4) is 0 Å². The first-order chi connectivity index (χ1) is 8.22. The van der Waals surface area contributed by atoms with Crippen LogP contribution in [0.25, 0.3) is 0 Å². The zero-order valence-corrected chi connectivity index (χ0v) is 10.7. The van der Waals surface area contributed by atoms with Gasteiger partial charge in [-0.2, -0.15) is 0 Å². The third kappa shape index (κ3) is 3.12. The minimum Gasteiger partial charge on any atom is -0.368 e. The van der Waals surface area contributed by atoms with Crippen molar-refractivity contribution in [2.24, 2.45) is 0 Å². The summed E-state index contributed by atoms with van der Waals surface area (Å²) in [5.74, 6) is 0.843. The van der Waals surface area contributed by atoms with Gasteiger partial charge >= 0.3 is 0 Å². The van der Waals surface area contributed by atoms with E-state index in [0.29, 0.717) is 17.7 Å². The minimum absolute atomic E-state index is 0.0285. The number of hydrogen-bond acceptors (Lipinski definition) is 5. The molecule has 0 saturated heterocycles. The lowest BCUT2D eigenvalue weighted by Crippen LogP contribution is -2.25. The van der Waals surface area contributed by atoms with E-state index < -0.39 is 0 Å². The van der Waals surface area contributed by atoms with Crippen LogP contribution in [0, 0.1) is 0 Å². The summed E-state index contributed by atoms with van der Waals surface area (Å²) < 4.78 is 1.93. The highest BCUT2D eigenvalue weighted by Gasteiger charge is 2.28. The minimum atomic E-state index is 0.0285. The molecule has 1 aromatic heterocycles. The topological polar surface area (TPSA) is 85.8 Å². The Kier molecular flexibility index (Phi) is 3.88. The maximum Gasteiger partial charge on any atom is 0.230 e. The highest BCUT2D eigenvalue weighted by molar-refractivity contribution is 7.99. The van der Waals surface area contributed by atoms with E-state index in [9.17, 15) is 4.79 Å². The van der Waals surface area contributed by atoms with Crippen molar-refractivity contribution < 1.29 is 4.79 Å². The van der Waals surface area contributed by atoms with E-state index in [2.05, 4.69) is 15.5 Å². The molecule has 0 unspecified atom stereocenters. The molecular formula is C10H17N5OS. The Bertz CT molecular complexity index is 401. The lowest BCUT2D eigenvalue weighted by atomic mass is 10.5. The van der Waals surface area contributed by atoms with E-state index in [-0.39, 0.29) is 5.91 Å². The number of nitrogen functional groups attached to an aromatic ring is 1. The molecule has 1 saturated carbocycles. The number of hydrogen-bond donors (Lipinski definition) is 2. The van der Waals surface area contributed by atoms with Gasteiger partial charge in [0.25, 0.3) is 0 Å². The van der Waals surface area contributed by atoms with Crippen molar-refractivity contribution in [3.05, 3.63) is 0 Å². The molecule has 0 bridgehead atoms. The number of carbonyl (C=O) groups excluding carboxylic acids is 1. The number of anilines is 1. The van der Waals surface area contributed by atoms with Gasteiger partial charge in [0.2, 0.25) is 11.9 Å². The lowest BCUT2D eigenvalue weighted by molar-refractivity contribution is -0.118. The molecule has 1 heterocycles. The summed E-state index contributed by atoms with van der Waals surface area (Å²) in [5.41, 5.74) is 5.74. The van der Waals surface area contributed by atoms with Gasteiger partial charge in [-0.05, 0) is 19.3 Å². The van der Waals surface area contributed by atoms with Crippen LogP contribution in [0.4, 0.5) is 5.95 Å². The molecule has 1 fully saturated rings. The van der Waals surface area contributed by atoms with Gasteiger partial charge in [-0.1, -0.05) is 18.7 Å². The molecule has 94 valence electrons. The molecule has 17 heavy (non-hydrogen) atoms. The second kappa shape index (κ2) is 5.39. The number of rotatable bonds is 6. The third-order valence-corrected chi connectivity index (χ3v) is 3.45. The normalized spacial score (nSPS) is 14.9. The Morgan fingerprint density at radius 1 is 1.59 bits per heavy atom. The fraction of sp³-hybridized carbons (Fsp3) is 0.700. The second-order valence-corrected chi connectivity index (χ2v) is 5.02. The summed E-state index contributed by atoms with van der Waals surface area (Å²) in [6, 6.07) is 0.436. The second-order valence-electron chi connectivity index (χ2n) is 4.08. The van der Waals surface area contributed by atoms with E-state index in [0.717, 1.165) is 31.0 Å². The molecule has 0 aliphatic heterocycles. The van der Waals surface area contributed by atoms with Crippen LogP contribution < -0.4 is 11.1 Å². The van der Waals surface area contributed by atoms with Crippen LogP contribution >= 0.6 is 11.8 Å². The van der Waals surface area contributed by atoms with Crippen molar-refractivity contribution in [1.29, 1.82) is 0 Å². The first-order valence-corrected chi connectivity index (χ1v) is 6.80. The van der Waals surface area contributed by atoms with Crippen LogP contribution in [0.15, 0.2) is 5.16 Å². The average Bonchev–Trinajstić information content (AvgIpc) is 3.08. The molecule has 1 amide bonds. The fourth-order valence-corrected chi connectivity index (χ4v) is 2.35. The van der Waals surface area contributed by atoms with Crippen molar-refractivity contribution in [2.45, 2.75) is 37.4 Å². The number of nitrogens with one attached hydrogen (secondary N) is 1. The monoisotopic (exact) mass is 255 g/mol. The number of amides is 1. The van der Waals surface area contributed by atoms with Gasteiger partial charge in [0.1, 0.15) is 0 Å². The molecule has 6 nitrogen and oxygen atoms in total. The standard InChI is InChI=1S/C10H17N5OS/c1-2-5-12-8(16)6-17-10-14-13-9(11)15(10)7-3-4-7/h7H,2-6H2,1H3,(H2,11,13)(H,12,16). The Morgan fingerprint density at radius 2 is 2.35 bits per heavy atom. The zero-order chi connectivity index (χ0) is 12.3. The molecular weight excluding hydrogens is 238 g/mol. The molecule has 1 aromatic rings. The molecule has 0 aromatic carbocycles. The Balaban J connectivity index is 1.88. The van der Waals surface area contributed by atoms with E-state index in [1.165, 1.54) is 11.8 Å². The molecule has 1 aliphatic rings. The van der Waals surface area contributed by atoms with E-state index >= 15 is 0 Å². The van der Waals surface area contributed by atoms with Gasteiger partial charge < -0.3 is 11.1 Å². The summed E-state index contributed by atoms with van der Waals surface area (Å²) in [6.07, 6.45) is 3.19. The summed E-state index contributed by atoms with van der Waals surface area (Å²) in [6.45, 7) is 2.74. The van der Waals surface area contributed by atoms with Crippen LogP contribution in [0.1, 0.15) is 32.2 Å². The lowest BCUT2D eigenvalue weighted by Gasteiger charge is -2.06. The maximum atomic E-state index is 11.5. The van der Waals surface area contributed by atoms with Crippen LogP contribution in [0.5, 0.6) is 0 Å². The quantitative estimate of drug-likeness (QED) is 0.735. The maximum absolute atomic E-state index is 11.5. The first kappa shape index (κ1) is 12.2. The zero-order valence-electron chi connectivity index (χ0n) is 9.85. The van der Waals surface area contributed by atoms with Crippen LogP contribution in [-0.2, 0) is 4.79 Å². The van der Waals surface area contributed by atoms with Gasteiger partial charge in [0.05, 0.1) is 5.75 Å². The molecule has 2 rings (SSSR count). The van der Waals surface area contributed by atoms with Crippen molar-refractivity contribution in [2.75, 3.05) is 18.0 Å². The average molecular weight is 255 g/mol. The molecule has 0 spiro atoms. The highest BCUT2D eigenvalue weighted by Crippen LogP contribution is 2.39. The first-order valence-electron chi connectivity index (χ1n) is 5.82. The number of carbonyl (C=O) groups is 1. The van der Waals surface area contributed by atoms with Gasteiger partial charge in [-0.3, -0.25) is 9.36 Å². The number of thioether (sulfide) groups is 1. The molecule has 0 atom stereocenters. The fourth-order valence-electron chi connectivity index (χ4n) is 1.51. The summed E-state index contributed by atoms with van der Waals surface area (Å²) in [5, 5.41) is 11.4. The van der Waals surface area contributed by atoms with Gasteiger partial charge in [0.15, 0.2) is 5.16 Å². The Hall–Kier alpha value is -1.24. The van der Waals surface area contributed by atoms with E-state index in [1.807, 2.05) is 11.5 Å². The highest BCUT2D eigenvalue weighted by atomic mass is 32.2. The van der Waals surface area contributed by atoms with Crippen LogP contribution in [0.2, 0.25) is 0 Å². The Labute approximate surface area is 104 Å². The predicted octanol–water partition coefficient (Wildman–Crippen LogP) is 0.813. The smallest absolute Gasteiger partial charge is 0.230 e. The van der Waals surface area contributed by atoms with E-state index in [1.54, 1.807) is 0 Å². The predicted molar refractivity (Wildman–Crippen MR) is 66.7 cm³/mol. The number of aromatic nitrogens is 3. The Morgan fingerprint density at radius 3 is 3.00 bits per heavy atom. The van der Waals surface area contributed by atoms with Crippen molar-refractivity contribution in [3.8, 4) is 0 Å². The van der Waals surface area contributed by atoms with Crippen molar-refractivity contribution in [1.82, 2.24) is 20.1 Å². The molecule has 7 heteroatoms. The van der Waals surface area contributed by atoms with E-state index in [4.69, 9.17) is 5.73 Å². The van der Waals surface area contributed by atoms with Gasteiger partial charge in [-0.25, -0.2) is 0 Å². The summed E-state index contributed by atoms with van der Waals surface area (Å²) >= 11 is 1.39. The van der Waals surface area contributed by atoms with Crippen molar-refractivity contribution >= 4 is 23.6 Å². The SMILES string of the molecule is CCCNC(=O)CSc1nnc(N)n1C1CC1.